The third kappa shape index (κ3) is 1.63. The van der Waals surface area contributed by atoms with Crippen molar-refractivity contribution in [2.45, 2.75) is 53.1 Å². The molecule has 0 aromatic carbocycles. The highest BCUT2D eigenvalue weighted by atomic mass is 16.3. The highest BCUT2D eigenvalue weighted by Gasteiger charge is 2.51. The lowest BCUT2D eigenvalue weighted by Gasteiger charge is -2.55. The van der Waals surface area contributed by atoms with Crippen molar-refractivity contribution in [2.24, 2.45) is 23.7 Å². The van der Waals surface area contributed by atoms with Gasteiger partial charge in [0.2, 0.25) is 0 Å². The first-order valence-electron chi connectivity index (χ1n) is 5.68. The molecule has 0 radical (unpaired) electrons. The van der Waals surface area contributed by atoms with Crippen LogP contribution in [0.5, 0.6) is 0 Å². The van der Waals surface area contributed by atoms with E-state index in [0.717, 1.165) is 12.3 Å². The largest absolute Gasteiger partial charge is 0.390 e. The van der Waals surface area contributed by atoms with E-state index in [9.17, 15) is 5.11 Å². The summed E-state index contributed by atoms with van der Waals surface area (Å²) < 4.78 is 0. The topological polar surface area (TPSA) is 20.2 Å². The molecule has 1 aliphatic carbocycles. The maximum atomic E-state index is 10.2. The molecule has 1 nitrogen and oxygen atoms in total. The zero-order chi connectivity index (χ0) is 10.2. The molecule has 13 heavy (non-hydrogen) atoms. The fourth-order valence-corrected chi connectivity index (χ4v) is 3.46. The van der Waals surface area contributed by atoms with Crippen molar-refractivity contribution in [1.29, 1.82) is 0 Å². The number of hydrogen-bond acceptors (Lipinski definition) is 1. The Morgan fingerprint density at radius 1 is 1.15 bits per heavy atom. The van der Waals surface area contributed by atoms with E-state index in [1.807, 2.05) is 6.92 Å². The van der Waals surface area contributed by atoms with E-state index in [-0.39, 0.29) is 0 Å². The lowest BCUT2D eigenvalue weighted by Crippen LogP contribution is -2.54. The Kier molecular flexibility index (Phi) is 3.06. The molecule has 1 N–H and O–H groups in total. The zero-order valence-electron chi connectivity index (χ0n) is 9.67. The summed E-state index contributed by atoms with van der Waals surface area (Å²) in [6.45, 7) is 10.9. The molecule has 3 atom stereocenters. The van der Waals surface area contributed by atoms with Crippen LogP contribution in [0.2, 0.25) is 0 Å². The first kappa shape index (κ1) is 11.0. The third-order valence-electron chi connectivity index (χ3n) is 4.39. The van der Waals surface area contributed by atoms with E-state index in [4.69, 9.17) is 0 Å². The summed E-state index contributed by atoms with van der Waals surface area (Å²) >= 11 is 0. The summed E-state index contributed by atoms with van der Waals surface area (Å²) in [5, 5.41) is 10.2. The van der Waals surface area contributed by atoms with Gasteiger partial charge in [0, 0.05) is 0 Å². The molecule has 1 rings (SSSR count). The molecule has 0 heterocycles. The minimum absolute atomic E-state index is 0.440. The minimum Gasteiger partial charge on any atom is -0.390 e. The van der Waals surface area contributed by atoms with Crippen LogP contribution in [0.1, 0.15) is 47.5 Å². The molecule has 0 aliphatic heterocycles. The van der Waals surface area contributed by atoms with Gasteiger partial charge < -0.3 is 5.11 Å². The molecule has 0 amide bonds. The van der Waals surface area contributed by atoms with Crippen molar-refractivity contribution in [3.8, 4) is 0 Å². The van der Waals surface area contributed by atoms with E-state index < -0.39 is 5.60 Å². The molecule has 0 saturated heterocycles. The second kappa shape index (κ2) is 3.61. The summed E-state index contributed by atoms with van der Waals surface area (Å²) in [4.78, 5) is 0. The van der Waals surface area contributed by atoms with E-state index in [1.54, 1.807) is 0 Å². The van der Waals surface area contributed by atoms with Crippen molar-refractivity contribution < 1.29 is 5.11 Å². The average molecular weight is 184 g/mol. The molecule has 1 saturated carbocycles. The Hall–Kier alpha value is -0.0400. The molecule has 78 valence electrons. The van der Waals surface area contributed by atoms with Gasteiger partial charge in [0.25, 0.3) is 0 Å². The molecular formula is C12H24O. The molecule has 0 spiro atoms. The second-order valence-electron chi connectivity index (χ2n) is 5.03. The van der Waals surface area contributed by atoms with Crippen LogP contribution in [0, 0.1) is 23.7 Å². The van der Waals surface area contributed by atoms with E-state index >= 15 is 0 Å². The average Bonchev–Trinajstić information content (AvgIpc) is 2.05. The standard InChI is InChI=1S/C12H24O/c1-6-10-8(3)11(9(10)4)12(5,13)7-2/h8-11,13H,6-7H2,1-5H3. The van der Waals surface area contributed by atoms with Gasteiger partial charge in [0.05, 0.1) is 5.60 Å². The summed E-state index contributed by atoms with van der Waals surface area (Å²) in [7, 11) is 0. The van der Waals surface area contributed by atoms with Crippen LogP contribution in [-0.2, 0) is 0 Å². The molecule has 1 fully saturated rings. The SMILES string of the molecule is CCC1C(C)C(C(C)(O)CC)C1C. The van der Waals surface area contributed by atoms with Crippen LogP contribution in [0.15, 0.2) is 0 Å². The Balaban J connectivity index is 2.65. The lowest BCUT2D eigenvalue weighted by molar-refractivity contribution is -0.139. The quantitative estimate of drug-likeness (QED) is 0.714. The highest BCUT2D eigenvalue weighted by molar-refractivity contribution is 5.00. The van der Waals surface area contributed by atoms with E-state index in [1.165, 1.54) is 6.42 Å². The zero-order valence-corrected chi connectivity index (χ0v) is 9.67. The smallest absolute Gasteiger partial charge is 0.0650 e. The highest BCUT2D eigenvalue weighted by Crippen LogP contribution is 2.52. The van der Waals surface area contributed by atoms with Crippen molar-refractivity contribution in [2.75, 3.05) is 0 Å². The van der Waals surface area contributed by atoms with Gasteiger partial charge in [-0.05, 0) is 37.0 Å². The molecular weight excluding hydrogens is 160 g/mol. The van der Waals surface area contributed by atoms with Crippen molar-refractivity contribution in [3.63, 3.8) is 0 Å². The second-order valence-corrected chi connectivity index (χ2v) is 5.03. The summed E-state index contributed by atoms with van der Waals surface area (Å²) in [5.41, 5.74) is -0.440. The van der Waals surface area contributed by atoms with Crippen molar-refractivity contribution in [3.05, 3.63) is 0 Å². The molecule has 0 aromatic rings. The van der Waals surface area contributed by atoms with Gasteiger partial charge in [-0.2, -0.15) is 0 Å². The first-order chi connectivity index (χ1) is 5.95. The Bertz CT molecular complexity index is 164. The van der Waals surface area contributed by atoms with Crippen LogP contribution in [0.4, 0.5) is 0 Å². The normalized spacial score (nSPS) is 43.8. The number of aliphatic hydroxyl groups is 1. The summed E-state index contributed by atoms with van der Waals surface area (Å²) in [5.74, 6) is 2.76. The van der Waals surface area contributed by atoms with Gasteiger partial charge in [0.1, 0.15) is 0 Å². The lowest BCUT2D eigenvalue weighted by atomic mass is 9.52. The maximum Gasteiger partial charge on any atom is 0.0650 e. The molecule has 0 aromatic heterocycles. The van der Waals surface area contributed by atoms with E-state index in [2.05, 4.69) is 27.7 Å². The minimum atomic E-state index is -0.440. The van der Waals surface area contributed by atoms with E-state index in [0.29, 0.717) is 17.8 Å². The fourth-order valence-electron chi connectivity index (χ4n) is 3.46. The van der Waals surface area contributed by atoms with Gasteiger partial charge in [-0.1, -0.05) is 34.1 Å². The molecule has 3 unspecified atom stereocenters. The predicted molar refractivity (Wildman–Crippen MR) is 56.5 cm³/mol. The number of hydrogen-bond donors (Lipinski definition) is 1. The monoisotopic (exact) mass is 184 g/mol. The van der Waals surface area contributed by atoms with Crippen LogP contribution in [0.3, 0.4) is 0 Å². The summed E-state index contributed by atoms with van der Waals surface area (Å²) in [6, 6.07) is 0. The van der Waals surface area contributed by atoms with Gasteiger partial charge >= 0.3 is 0 Å². The van der Waals surface area contributed by atoms with Gasteiger partial charge in [-0.3, -0.25) is 0 Å². The van der Waals surface area contributed by atoms with Crippen molar-refractivity contribution >= 4 is 0 Å². The van der Waals surface area contributed by atoms with Crippen LogP contribution < -0.4 is 0 Å². The first-order valence-corrected chi connectivity index (χ1v) is 5.68. The van der Waals surface area contributed by atoms with Crippen LogP contribution in [0.25, 0.3) is 0 Å². The fraction of sp³-hybridized carbons (Fsp3) is 1.00. The van der Waals surface area contributed by atoms with Crippen molar-refractivity contribution in [1.82, 2.24) is 0 Å². The third-order valence-corrected chi connectivity index (χ3v) is 4.39. The number of rotatable bonds is 3. The van der Waals surface area contributed by atoms with Gasteiger partial charge in [-0.25, -0.2) is 0 Å². The van der Waals surface area contributed by atoms with Crippen LogP contribution in [-0.4, -0.2) is 10.7 Å². The van der Waals surface area contributed by atoms with Gasteiger partial charge in [0.15, 0.2) is 0 Å². The maximum absolute atomic E-state index is 10.2. The predicted octanol–water partition coefficient (Wildman–Crippen LogP) is 3.08. The Morgan fingerprint density at radius 3 is 1.92 bits per heavy atom. The van der Waals surface area contributed by atoms with Gasteiger partial charge in [-0.15, -0.1) is 0 Å². The molecule has 0 bridgehead atoms. The molecule has 1 heteroatoms. The summed E-state index contributed by atoms with van der Waals surface area (Å²) in [6.07, 6.45) is 2.14. The Morgan fingerprint density at radius 2 is 1.62 bits per heavy atom. The molecule has 1 aliphatic rings. The van der Waals surface area contributed by atoms with Crippen LogP contribution >= 0.6 is 0 Å². The Labute approximate surface area is 82.5 Å².